The van der Waals surface area contributed by atoms with E-state index in [4.69, 9.17) is 9.47 Å². The molecule has 4 rings (SSSR count). The molecule has 4 aromatic rings. The number of ether oxygens (including phenoxy) is 2. The van der Waals surface area contributed by atoms with Crippen molar-refractivity contribution in [2.75, 3.05) is 6.61 Å². The minimum Gasteiger partial charge on any atom is -0.490 e. The average molecular weight is 428 g/mol. The highest BCUT2D eigenvalue weighted by atomic mass is 16.5. The summed E-state index contributed by atoms with van der Waals surface area (Å²) in [5.74, 6) is 1.58. The minimum absolute atomic E-state index is 0.153. The molecule has 32 heavy (non-hydrogen) atoms. The molecule has 0 radical (unpaired) electrons. The maximum absolute atomic E-state index is 12.5. The molecule has 2 heterocycles. The summed E-state index contributed by atoms with van der Waals surface area (Å²) in [5.41, 5.74) is 3.39. The van der Waals surface area contributed by atoms with E-state index in [1.165, 1.54) is 0 Å². The Morgan fingerprint density at radius 3 is 2.44 bits per heavy atom. The van der Waals surface area contributed by atoms with Gasteiger partial charge in [-0.25, -0.2) is 9.67 Å². The molecule has 2 aromatic carbocycles. The number of aryl methyl sites for hydroxylation is 1. The smallest absolute Gasteiger partial charge is 0.251 e. The Morgan fingerprint density at radius 2 is 1.78 bits per heavy atom. The number of nitrogens with one attached hydrogen (secondary N) is 1. The van der Waals surface area contributed by atoms with Gasteiger partial charge in [0.25, 0.3) is 5.91 Å². The summed E-state index contributed by atoms with van der Waals surface area (Å²) in [4.78, 5) is 16.8. The predicted molar refractivity (Wildman–Crippen MR) is 121 cm³/mol. The zero-order valence-electron chi connectivity index (χ0n) is 18.0. The molecule has 1 N–H and O–H groups in total. The van der Waals surface area contributed by atoms with Gasteiger partial charge in [0, 0.05) is 36.3 Å². The van der Waals surface area contributed by atoms with Crippen molar-refractivity contribution in [2.24, 2.45) is 0 Å². The Balaban J connectivity index is 1.34. The summed E-state index contributed by atoms with van der Waals surface area (Å²) in [6, 6.07) is 20.4. The molecule has 0 aliphatic carbocycles. The van der Waals surface area contributed by atoms with Gasteiger partial charge in [-0.1, -0.05) is 18.2 Å². The molecule has 0 bridgehead atoms. The summed E-state index contributed by atoms with van der Waals surface area (Å²) in [7, 11) is 0. The van der Waals surface area contributed by atoms with Crippen LogP contribution in [0, 0.1) is 6.92 Å². The molecule has 0 fully saturated rings. The lowest BCUT2D eigenvalue weighted by atomic mass is 10.2. The van der Waals surface area contributed by atoms with Crippen LogP contribution in [0.2, 0.25) is 0 Å². The van der Waals surface area contributed by atoms with Crippen molar-refractivity contribution in [3.05, 3.63) is 95.9 Å². The van der Waals surface area contributed by atoms with Gasteiger partial charge in [0.2, 0.25) is 5.88 Å². The number of para-hydroxylation sites is 2. The normalized spacial score (nSPS) is 10.6. The van der Waals surface area contributed by atoms with E-state index in [1.54, 1.807) is 30.6 Å². The van der Waals surface area contributed by atoms with Crippen LogP contribution in [0.4, 0.5) is 0 Å². The van der Waals surface area contributed by atoms with Crippen molar-refractivity contribution >= 4 is 5.91 Å². The number of rotatable bonds is 8. The lowest BCUT2D eigenvalue weighted by Gasteiger charge is -2.11. The molecule has 0 atom stereocenters. The third-order valence-electron chi connectivity index (χ3n) is 4.82. The van der Waals surface area contributed by atoms with E-state index in [1.807, 2.05) is 67.1 Å². The van der Waals surface area contributed by atoms with Crippen LogP contribution in [0.3, 0.4) is 0 Å². The van der Waals surface area contributed by atoms with Crippen LogP contribution in [-0.4, -0.2) is 27.3 Å². The summed E-state index contributed by atoms with van der Waals surface area (Å²) >= 11 is 0. The zero-order valence-corrected chi connectivity index (χ0v) is 18.0. The molecule has 1 amide bonds. The second kappa shape index (κ2) is 9.78. The molecular formula is C25H24N4O3. The number of hydrogen-bond acceptors (Lipinski definition) is 5. The molecule has 2 aromatic heterocycles. The van der Waals surface area contributed by atoms with Gasteiger partial charge in [-0.05, 0) is 61.9 Å². The maximum atomic E-state index is 12.5. The maximum Gasteiger partial charge on any atom is 0.251 e. The van der Waals surface area contributed by atoms with Gasteiger partial charge >= 0.3 is 0 Å². The summed E-state index contributed by atoms with van der Waals surface area (Å²) in [6.07, 6.45) is 3.43. The lowest BCUT2D eigenvalue weighted by Crippen LogP contribution is -2.22. The zero-order chi connectivity index (χ0) is 22.3. The predicted octanol–water partition coefficient (Wildman–Crippen LogP) is 4.70. The molecule has 0 aliphatic rings. The number of carbonyl (C=O) groups excluding carboxylic acids is 1. The molecule has 0 aliphatic heterocycles. The summed E-state index contributed by atoms with van der Waals surface area (Å²) in [5, 5.41) is 7.19. The van der Waals surface area contributed by atoms with E-state index in [2.05, 4.69) is 15.4 Å². The number of amides is 1. The summed E-state index contributed by atoms with van der Waals surface area (Å²) in [6.45, 7) is 4.82. The number of hydrogen-bond donors (Lipinski definition) is 1. The van der Waals surface area contributed by atoms with Crippen LogP contribution in [0.1, 0.15) is 28.5 Å². The number of carbonyl (C=O) groups is 1. The standard InChI is InChI=1S/C25H24N4O3/c1-3-31-22-6-4-5-7-23(22)32-24-13-8-19(16-26-24)17-27-25(30)20-9-11-21(12-10-20)29-18(2)14-15-28-29/h4-16H,3,17H2,1-2H3,(H,27,30). The SMILES string of the molecule is CCOc1ccccc1Oc1ccc(CNC(=O)c2ccc(-n3nccc3C)cc2)cn1. The lowest BCUT2D eigenvalue weighted by molar-refractivity contribution is 0.0951. The molecule has 162 valence electrons. The van der Waals surface area contributed by atoms with Gasteiger partial charge in [-0.15, -0.1) is 0 Å². The van der Waals surface area contributed by atoms with Crippen molar-refractivity contribution in [2.45, 2.75) is 20.4 Å². The minimum atomic E-state index is -0.153. The third kappa shape index (κ3) is 4.95. The number of nitrogens with zero attached hydrogens (tertiary/aromatic N) is 3. The second-order valence-corrected chi connectivity index (χ2v) is 7.10. The third-order valence-corrected chi connectivity index (χ3v) is 4.82. The summed E-state index contributed by atoms with van der Waals surface area (Å²) < 4.78 is 13.2. The Hall–Kier alpha value is -4.13. The molecule has 7 heteroatoms. The van der Waals surface area contributed by atoms with Gasteiger partial charge in [0.05, 0.1) is 12.3 Å². The molecule has 0 saturated carbocycles. The first-order chi connectivity index (χ1) is 15.6. The highest BCUT2D eigenvalue weighted by molar-refractivity contribution is 5.94. The first-order valence-corrected chi connectivity index (χ1v) is 10.4. The van der Waals surface area contributed by atoms with Crippen molar-refractivity contribution < 1.29 is 14.3 Å². The first kappa shape index (κ1) is 21.1. The highest BCUT2D eigenvalue weighted by Gasteiger charge is 2.09. The Labute approximate surface area is 186 Å². The Bertz CT molecular complexity index is 1180. The number of aromatic nitrogens is 3. The van der Waals surface area contributed by atoms with Gasteiger partial charge in [0.15, 0.2) is 11.5 Å². The van der Waals surface area contributed by atoms with Crippen molar-refractivity contribution in [1.82, 2.24) is 20.1 Å². The fourth-order valence-electron chi connectivity index (χ4n) is 3.18. The molecule has 0 unspecified atom stereocenters. The van der Waals surface area contributed by atoms with Gasteiger partial charge in [0.1, 0.15) is 0 Å². The van der Waals surface area contributed by atoms with Gasteiger partial charge in [-0.3, -0.25) is 4.79 Å². The van der Waals surface area contributed by atoms with Crippen LogP contribution in [0.5, 0.6) is 17.4 Å². The van der Waals surface area contributed by atoms with Gasteiger partial charge < -0.3 is 14.8 Å². The van der Waals surface area contributed by atoms with E-state index in [-0.39, 0.29) is 5.91 Å². The molecule has 7 nitrogen and oxygen atoms in total. The Morgan fingerprint density at radius 1 is 1.00 bits per heavy atom. The Kier molecular flexibility index (Phi) is 6.46. The van der Waals surface area contributed by atoms with Crippen molar-refractivity contribution in [3.8, 4) is 23.1 Å². The van der Waals surface area contributed by atoms with Crippen LogP contribution in [-0.2, 0) is 6.54 Å². The van der Waals surface area contributed by atoms with Crippen LogP contribution >= 0.6 is 0 Å². The average Bonchev–Trinajstić information content (AvgIpc) is 3.26. The molecule has 0 saturated heterocycles. The number of pyridine rings is 1. The van der Waals surface area contributed by atoms with E-state index in [0.29, 0.717) is 36.1 Å². The van der Waals surface area contributed by atoms with E-state index in [0.717, 1.165) is 16.9 Å². The fraction of sp³-hybridized carbons (Fsp3) is 0.160. The molecule has 0 spiro atoms. The van der Waals surface area contributed by atoms with E-state index >= 15 is 0 Å². The molecular weight excluding hydrogens is 404 g/mol. The topological polar surface area (TPSA) is 78.3 Å². The van der Waals surface area contributed by atoms with E-state index < -0.39 is 0 Å². The van der Waals surface area contributed by atoms with Crippen LogP contribution < -0.4 is 14.8 Å². The van der Waals surface area contributed by atoms with Crippen molar-refractivity contribution in [1.29, 1.82) is 0 Å². The first-order valence-electron chi connectivity index (χ1n) is 10.4. The largest absolute Gasteiger partial charge is 0.490 e. The van der Waals surface area contributed by atoms with Crippen molar-refractivity contribution in [3.63, 3.8) is 0 Å². The monoisotopic (exact) mass is 428 g/mol. The van der Waals surface area contributed by atoms with Gasteiger partial charge in [-0.2, -0.15) is 5.10 Å². The van der Waals surface area contributed by atoms with Crippen LogP contribution in [0.25, 0.3) is 5.69 Å². The highest BCUT2D eigenvalue weighted by Crippen LogP contribution is 2.30. The van der Waals surface area contributed by atoms with Crippen LogP contribution in [0.15, 0.2) is 79.1 Å². The quantitative estimate of drug-likeness (QED) is 0.440. The number of benzene rings is 2. The van der Waals surface area contributed by atoms with E-state index in [9.17, 15) is 4.79 Å². The fourth-order valence-corrected chi connectivity index (χ4v) is 3.18. The second-order valence-electron chi connectivity index (χ2n) is 7.10.